The van der Waals surface area contributed by atoms with E-state index in [4.69, 9.17) is 55.8 Å². The molecule has 12 nitrogen and oxygen atoms in total. The average molecular weight is 511 g/mol. The van der Waals surface area contributed by atoms with Crippen LogP contribution >= 0.6 is 0 Å². The summed E-state index contributed by atoms with van der Waals surface area (Å²) in [6, 6.07) is 0. The molecule has 0 aliphatic carbocycles. The predicted molar refractivity (Wildman–Crippen MR) is 129 cm³/mol. The number of ether oxygens (including phenoxy) is 2. The van der Waals surface area contributed by atoms with Crippen LogP contribution in [0.5, 0.6) is 0 Å². The Morgan fingerprint density at radius 2 is 1.03 bits per heavy atom. The molecule has 12 heteroatoms. The summed E-state index contributed by atoms with van der Waals surface area (Å²) in [5.74, 6) is 0. The van der Waals surface area contributed by atoms with Gasteiger partial charge in [0.15, 0.2) is 0 Å². The minimum absolute atomic E-state index is 0.00667. The molecule has 0 rings (SSSR count). The van der Waals surface area contributed by atoms with Crippen LogP contribution < -0.4 is 0 Å². The molecule has 0 saturated heterocycles. The van der Waals surface area contributed by atoms with Gasteiger partial charge < -0.3 is 60.5 Å². The van der Waals surface area contributed by atoms with Crippen molar-refractivity contribution in [3.8, 4) is 0 Å². The standard InChI is InChI=1S/C6H14O3.C5H12O2.C4H10O3.C4H10O2.C3H8O2/c1-5(8)4-9-6(2)3-7;1-5(2,3-6)4-7;5-1-3-7-4-2-6;1-4(6)2-3-5;1-3(5)2-4/h5-8H,3-4H2,1-2H3;6-7H,3-4H2,1-2H3;5-6H,1-4H2;4-6H,2-3H2,1H3;3-5H,2H2,1H3. The summed E-state index contributed by atoms with van der Waals surface area (Å²) < 4.78 is 9.58. The zero-order chi connectivity index (χ0) is 28.0. The maximum absolute atomic E-state index is 8.69. The first-order chi connectivity index (χ1) is 15.7. The van der Waals surface area contributed by atoms with Crippen molar-refractivity contribution in [2.75, 3.05) is 66.1 Å². The summed E-state index contributed by atoms with van der Waals surface area (Å²) >= 11 is 0. The molecule has 4 unspecified atom stereocenters. The number of hydrogen-bond donors (Lipinski definition) is 10. The molecule has 0 bridgehead atoms. The lowest BCUT2D eigenvalue weighted by Gasteiger charge is -2.16. The van der Waals surface area contributed by atoms with Crippen LogP contribution in [0.3, 0.4) is 0 Å². The minimum Gasteiger partial charge on any atom is -0.396 e. The van der Waals surface area contributed by atoms with E-state index in [0.717, 1.165) is 0 Å². The summed E-state index contributed by atoms with van der Waals surface area (Å²) in [5, 5.41) is 82.6. The Labute approximate surface area is 205 Å². The number of rotatable bonds is 13. The molecule has 10 N–H and O–H groups in total. The van der Waals surface area contributed by atoms with Crippen LogP contribution in [0, 0.1) is 5.41 Å². The Morgan fingerprint density at radius 1 is 0.618 bits per heavy atom. The van der Waals surface area contributed by atoms with Gasteiger partial charge in [-0.1, -0.05) is 13.8 Å². The van der Waals surface area contributed by atoms with Crippen molar-refractivity contribution in [1.29, 1.82) is 0 Å². The van der Waals surface area contributed by atoms with Gasteiger partial charge in [0.25, 0.3) is 0 Å². The van der Waals surface area contributed by atoms with Gasteiger partial charge in [-0.15, -0.1) is 0 Å². The quantitative estimate of drug-likeness (QED) is 0.120. The van der Waals surface area contributed by atoms with Crippen molar-refractivity contribution in [3.63, 3.8) is 0 Å². The molecule has 0 heterocycles. The second-order valence-corrected chi connectivity index (χ2v) is 8.11. The first-order valence-electron chi connectivity index (χ1n) is 11.2. The first-order valence-corrected chi connectivity index (χ1v) is 11.2. The molecule has 0 saturated carbocycles. The SMILES string of the molecule is CC(C)(CO)CO.CC(O)CCO.CC(O)CO.CC(O)COC(C)CO.OCCOCCO. The molecule has 0 aromatic heterocycles. The third-order valence-corrected chi connectivity index (χ3v) is 3.02. The van der Waals surface area contributed by atoms with Crippen LogP contribution in [0.2, 0.25) is 0 Å². The fraction of sp³-hybridized carbons (Fsp3) is 1.00. The van der Waals surface area contributed by atoms with E-state index in [-0.39, 0.29) is 63.9 Å². The topological polar surface area (TPSA) is 221 Å². The van der Waals surface area contributed by atoms with Gasteiger partial charge in [0.05, 0.1) is 83.9 Å². The van der Waals surface area contributed by atoms with Gasteiger partial charge >= 0.3 is 0 Å². The van der Waals surface area contributed by atoms with Gasteiger partial charge in [0, 0.05) is 12.0 Å². The van der Waals surface area contributed by atoms with Crippen LogP contribution in [0.4, 0.5) is 0 Å². The lowest BCUT2D eigenvalue weighted by molar-refractivity contribution is -0.0177. The Kier molecular flexibility index (Phi) is 44.5. The van der Waals surface area contributed by atoms with Crippen molar-refractivity contribution in [2.45, 2.75) is 72.4 Å². The lowest BCUT2D eigenvalue weighted by Crippen LogP contribution is -2.20. The Hall–Kier alpha value is -0.480. The molecular weight excluding hydrogens is 456 g/mol. The molecule has 34 heavy (non-hydrogen) atoms. The molecule has 0 radical (unpaired) electrons. The zero-order valence-electron chi connectivity index (χ0n) is 21.9. The molecule has 214 valence electrons. The Bertz CT molecular complexity index is 319. The fourth-order valence-corrected chi connectivity index (χ4v) is 0.824. The summed E-state index contributed by atoms with van der Waals surface area (Å²) in [5.41, 5.74) is -0.306. The number of aliphatic hydroxyl groups excluding tert-OH is 10. The second kappa shape index (κ2) is 34.7. The number of aliphatic hydroxyl groups is 10. The second-order valence-electron chi connectivity index (χ2n) is 8.11. The van der Waals surface area contributed by atoms with E-state index in [2.05, 4.69) is 4.74 Å². The van der Waals surface area contributed by atoms with Crippen molar-refractivity contribution in [3.05, 3.63) is 0 Å². The normalized spacial score (nSPS) is 13.8. The largest absolute Gasteiger partial charge is 0.396 e. The minimum atomic E-state index is -0.560. The van der Waals surface area contributed by atoms with Crippen LogP contribution in [0.25, 0.3) is 0 Å². The van der Waals surface area contributed by atoms with E-state index in [9.17, 15) is 0 Å². The highest BCUT2D eigenvalue weighted by molar-refractivity contribution is 4.63. The highest BCUT2D eigenvalue weighted by Crippen LogP contribution is 2.10. The monoisotopic (exact) mass is 510 g/mol. The molecule has 0 fully saturated rings. The fourth-order valence-electron chi connectivity index (χ4n) is 0.824. The van der Waals surface area contributed by atoms with Crippen LogP contribution in [0.1, 0.15) is 48.0 Å². The molecule has 0 aromatic rings. The van der Waals surface area contributed by atoms with Crippen molar-refractivity contribution in [2.24, 2.45) is 5.41 Å². The average Bonchev–Trinajstić information content (AvgIpc) is 2.79. The van der Waals surface area contributed by atoms with Gasteiger partial charge in [0.1, 0.15) is 0 Å². The maximum Gasteiger partial charge on any atom is 0.0779 e. The van der Waals surface area contributed by atoms with Crippen LogP contribution in [-0.4, -0.2) is 142 Å². The van der Waals surface area contributed by atoms with E-state index >= 15 is 0 Å². The molecule has 0 amide bonds. The van der Waals surface area contributed by atoms with E-state index in [1.165, 1.54) is 6.92 Å². The molecule has 4 atom stereocenters. The molecule has 0 aliphatic heterocycles. The van der Waals surface area contributed by atoms with Gasteiger partial charge in [-0.25, -0.2) is 0 Å². The third kappa shape index (κ3) is 63.4. The van der Waals surface area contributed by atoms with E-state index in [1.807, 2.05) is 0 Å². The molecule has 0 aliphatic rings. The summed E-state index contributed by atoms with van der Waals surface area (Å²) in [7, 11) is 0. The Morgan fingerprint density at radius 3 is 1.18 bits per heavy atom. The maximum atomic E-state index is 8.69. The summed E-state index contributed by atoms with van der Waals surface area (Å²) in [6.07, 6.45) is -1.04. The van der Waals surface area contributed by atoms with Gasteiger partial charge in [0.2, 0.25) is 0 Å². The highest BCUT2D eigenvalue weighted by Gasteiger charge is 2.13. The predicted octanol–water partition coefficient (Wildman–Crippen LogP) is -2.14. The smallest absolute Gasteiger partial charge is 0.0779 e. The molecule has 0 spiro atoms. The Balaban J connectivity index is -0.000000104. The van der Waals surface area contributed by atoms with Gasteiger partial charge in [-0.2, -0.15) is 0 Å². The molecule has 0 aromatic carbocycles. The molecular formula is C22H54O12. The summed E-state index contributed by atoms with van der Waals surface area (Å²) in [4.78, 5) is 0. The van der Waals surface area contributed by atoms with Gasteiger partial charge in [-0.3, -0.25) is 0 Å². The first kappa shape index (κ1) is 43.6. The lowest BCUT2D eigenvalue weighted by atomic mass is 9.97. The zero-order valence-corrected chi connectivity index (χ0v) is 21.9. The third-order valence-electron chi connectivity index (χ3n) is 3.02. The number of hydrogen-bond acceptors (Lipinski definition) is 12. The van der Waals surface area contributed by atoms with Crippen molar-refractivity contribution < 1.29 is 60.5 Å². The van der Waals surface area contributed by atoms with Crippen LogP contribution in [-0.2, 0) is 9.47 Å². The van der Waals surface area contributed by atoms with Gasteiger partial charge in [-0.05, 0) is 34.1 Å². The van der Waals surface area contributed by atoms with E-state index < -0.39 is 12.2 Å². The highest BCUT2D eigenvalue weighted by atomic mass is 16.5. The van der Waals surface area contributed by atoms with Crippen molar-refractivity contribution >= 4 is 0 Å². The van der Waals surface area contributed by atoms with Crippen molar-refractivity contribution in [1.82, 2.24) is 0 Å². The van der Waals surface area contributed by atoms with E-state index in [0.29, 0.717) is 26.2 Å². The van der Waals surface area contributed by atoms with Crippen LogP contribution in [0.15, 0.2) is 0 Å². The summed E-state index contributed by atoms with van der Waals surface area (Å²) in [6.45, 7) is 11.2. The van der Waals surface area contributed by atoms with E-state index in [1.54, 1.807) is 34.6 Å².